The van der Waals surface area contributed by atoms with Crippen LogP contribution in [0.1, 0.15) is 65.0 Å². The first-order valence-corrected chi connectivity index (χ1v) is 18.6. The predicted octanol–water partition coefficient (Wildman–Crippen LogP) is 8.77. The third kappa shape index (κ3) is 6.11. The summed E-state index contributed by atoms with van der Waals surface area (Å²) in [6.45, 7) is 3.99. The zero-order valence-corrected chi connectivity index (χ0v) is 30.5. The number of carbonyl (C=O) groups is 4. The molecule has 1 saturated heterocycles. The topological polar surface area (TPSA) is 103 Å². The van der Waals surface area contributed by atoms with E-state index in [0.717, 1.165) is 34.9 Å². The van der Waals surface area contributed by atoms with E-state index in [4.69, 9.17) is 14.5 Å². The largest absolute Gasteiger partial charge is 0.489 e. The molecule has 9 heteroatoms. The SMILES string of the molecule is CCc1cc(Br)cc2c(C(=O)OC(C)C(=O)c3ccc(OCc4ccccc4)cc3)cc(-c3ccc(N4C(=O)C5C6CCC(C6)C5C4=O)cc3)nc12. The number of aryl methyl sites for hydroxylation is 1. The Kier molecular flexibility index (Phi) is 8.99. The molecule has 0 spiro atoms. The molecule has 3 aliphatic rings. The van der Waals surface area contributed by atoms with E-state index in [9.17, 15) is 19.2 Å². The Balaban J connectivity index is 1.03. The van der Waals surface area contributed by atoms with E-state index in [0.29, 0.717) is 64.0 Å². The van der Waals surface area contributed by atoms with Gasteiger partial charge in [0.1, 0.15) is 12.4 Å². The Hall–Kier alpha value is -5.15. The highest BCUT2D eigenvalue weighted by atomic mass is 79.9. The standard InChI is InChI=1S/C43H37BrN2O6/c1-3-26-20-31(44)21-34-35(43(50)52-24(2)40(47)28-13-17-33(18-14-28)51-23-25-7-5-4-6-8-25)22-36(45-39(26)34)27-11-15-32(16-12-27)46-41(48)37-29-9-10-30(19-29)38(37)42(46)49/h4-8,11-18,20-22,24,29-30,37-38H,3,9-10,19,23H2,1-2H3. The van der Waals surface area contributed by atoms with Crippen LogP contribution in [0.15, 0.2) is 102 Å². The molecule has 262 valence electrons. The van der Waals surface area contributed by atoms with Crippen molar-refractivity contribution >= 4 is 56.1 Å². The van der Waals surface area contributed by atoms with Crippen LogP contribution in [0.5, 0.6) is 5.75 Å². The van der Waals surface area contributed by atoms with E-state index < -0.39 is 12.1 Å². The van der Waals surface area contributed by atoms with Crippen LogP contribution in [0.3, 0.4) is 0 Å². The van der Waals surface area contributed by atoms with Gasteiger partial charge in [-0.05, 0) is 110 Å². The molecule has 2 amide bonds. The molecule has 1 aromatic heterocycles. The Bertz CT molecular complexity index is 2190. The smallest absolute Gasteiger partial charge is 0.339 e. The van der Waals surface area contributed by atoms with E-state index >= 15 is 0 Å². The minimum absolute atomic E-state index is 0.0852. The summed E-state index contributed by atoms with van der Waals surface area (Å²) in [7, 11) is 0. The molecule has 0 radical (unpaired) electrons. The van der Waals surface area contributed by atoms with Crippen LogP contribution in [0.2, 0.25) is 0 Å². The molecular formula is C43H37BrN2O6. The number of anilines is 1. The fourth-order valence-corrected chi connectivity index (χ4v) is 8.86. The molecule has 3 fully saturated rings. The number of hydrogen-bond donors (Lipinski definition) is 0. The first kappa shape index (κ1) is 34.0. The summed E-state index contributed by atoms with van der Waals surface area (Å²) in [5, 5.41) is 0.602. The van der Waals surface area contributed by atoms with E-state index in [-0.39, 0.29) is 35.0 Å². The molecule has 52 heavy (non-hydrogen) atoms. The number of ether oxygens (including phenoxy) is 2. The van der Waals surface area contributed by atoms with Gasteiger partial charge in [0, 0.05) is 21.0 Å². The molecule has 2 saturated carbocycles. The second-order valence-electron chi connectivity index (χ2n) is 14.0. The monoisotopic (exact) mass is 756 g/mol. The van der Waals surface area contributed by atoms with Crippen molar-refractivity contribution in [1.82, 2.24) is 4.98 Å². The number of aromatic nitrogens is 1. The Morgan fingerprint density at radius 2 is 1.56 bits per heavy atom. The molecule has 5 aromatic rings. The van der Waals surface area contributed by atoms with Gasteiger partial charge in [0.25, 0.3) is 0 Å². The Morgan fingerprint density at radius 3 is 2.21 bits per heavy atom. The number of imide groups is 1. The quantitative estimate of drug-likeness (QED) is 0.0798. The lowest BCUT2D eigenvalue weighted by molar-refractivity contribution is -0.123. The molecule has 2 aliphatic carbocycles. The maximum absolute atomic E-state index is 13.9. The second-order valence-corrected chi connectivity index (χ2v) is 14.9. The van der Waals surface area contributed by atoms with Gasteiger partial charge in [-0.3, -0.25) is 19.3 Å². The second kappa shape index (κ2) is 13.8. The van der Waals surface area contributed by atoms with Crippen molar-refractivity contribution in [1.29, 1.82) is 0 Å². The number of nitrogens with zero attached hydrogens (tertiary/aromatic N) is 2. The number of esters is 1. The minimum Gasteiger partial charge on any atom is -0.489 e. The number of hydrogen-bond acceptors (Lipinski definition) is 7. The molecule has 0 N–H and O–H groups in total. The first-order chi connectivity index (χ1) is 25.2. The van der Waals surface area contributed by atoms with Gasteiger partial charge in [-0.1, -0.05) is 65.3 Å². The van der Waals surface area contributed by atoms with Gasteiger partial charge in [0.15, 0.2) is 6.10 Å². The number of fused-ring (bicyclic) bond motifs is 6. The van der Waals surface area contributed by atoms with Crippen molar-refractivity contribution in [2.45, 2.75) is 52.2 Å². The fraction of sp³-hybridized carbons (Fsp3) is 0.279. The van der Waals surface area contributed by atoms with Gasteiger partial charge in [0.2, 0.25) is 17.6 Å². The fourth-order valence-electron chi connectivity index (χ4n) is 8.36. The minimum atomic E-state index is -1.06. The highest BCUT2D eigenvalue weighted by Crippen LogP contribution is 2.56. The number of amides is 2. The molecule has 1 aliphatic heterocycles. The van der Waals surface area contributed by atoms with Gasteiger partial charge in [-0.25, -0.2) is 9.78 Å². The lowest BCUT2D eigenvalue weighted by Gasteiger charge is -2.19. The summed E-state index contributed by atoms with van der Waals surface area (Å²) in [5.41, 5.74) is 5.09. The number of rotatable bonds is 10. The molecule has 5 unspecified atom stereocenters. The van der Waals surface area contributed by atoms with Crippen LogP contribution in [0.25, 0.3) is 22.2 Å². The van der Waals surface area contributed by atoms with Crippen LogP contribution in [0.4, 0.5) is 5.69 Å². The van der Waals surface area contributed by atoms with E-state index in [2.05, 4.69) is 15.9 Å². The molecule has 5 atom stereocenters. The number of pyridine rings is 1. The van der Waals surface area contributed by atoms with Crippen LogP contribution in [-0.2, 0) is 27.4 Å². The molecule has 8 nitrogen and oxygen atoms in total. The summed E-state index contributed by atoms with van der Waals surface area (Å²) in [6, 6.07) is 29.3. The molecular weight excluding hydrogens is 720 g/mol. The third-order valence-corrected chi connectivity index (χ3v) is 11.4. The zero-order chi connectivity index (χ0) is 36.1. The molecule has 2 heterocycles. The maximum atomic E-state index is 13.9. The van der Waals surface area contributed by atoms with Crippen molar-refractivity contribution < 1.29 is 28.7 Å². The summed E-state index contributed by atoms with van der Waals surface area (Å²) < 4.78 is 12.5. The zero-order valence-electron chi connectivity index (χ0n) is 28.9. The summed E-state index contributed by atoms with van der Waals surface area (Å²) >= 11 is 3.58. The van der Waals surface area contributed by atoms with Crippen molar-refractivity contribution in [2.24, 2.45) is 23.7 Å². The van der Waals surface area contributed by atoms with E-state index in [1.165, 1.54) is 4.90 Å². The number of carbonyl (C=O) groups excluding carboxylic acids is 4. The molecule has 8 rings (SSSR count). The van der Waals surface area contributed by atoms with Crippen molar-refractivity contribution in [3.05, 3.63) is 124 Å². The van der Waals surface area contributed by atoms with Gasteiger partial charge < -0.3 is 9.47 Å². The normalized spacial score (nSPS) is 21.0. The summed E-state index contributed by atoms with van der Waals surface area (Å²) in [5.74, 6) is -0.296. The number of halogens is 1. The van der Waals surface area contributed by atoms with Crippen LogP contribution >= 0.6 is 15.9 Å². The number of benzene rings is 4. The molecule has 4 aromatic carbocycles. The lowest BCUT2D eigenvalue weighted by atomic mass is 9.81. The third-order valence-electron chi connectivity index (χ3n) is 10.9. The van der Waals surface area contributed by atoms with Crippen molar-refractivity contribution in [2.75, 3.05) is 4.90 Å². The van der Waals surface area contributed by atoms with Crippen molar-refractivity contribution in [3.8, 4) is 17.0 Å². The lowest BCUT2D eigenvalue weighted by Crippen LogP contribution is -2.32. The number of Topliss-reactive ketones (excluding diaryl/α,β-unsaturated/α-hetero) is 1. The van der Waals surface area contributed by atoms with Gasteiger partial charge in [-0.2, -0.15) is 0 Å². The van der Waals surface area contributed by atoms with Gasteiger partial charge >= 0.3 is 5.97 Å². The van der Waals surface area contributed by atoms with Crippen LogP contribution < -0.4 is 9.64 Å². The summed E-state index contributed by atoms with van der Waals surface area (Å²) in [4.78, 5) is 60.5. The Morgan fingerprint density at radius 1 is 0.885 bits per heavy atom. The number of ketones is 1. The molecule has 2 bridgehead atoms. The predicted molar refractivity (Wildman–Crippen MR) is 201 cm³/mol. The average molecular weight is 758 g/mol. The Labute approximate surface area is 310 Å². The average Bonchev–Trinajstić information content (AvgIpc) is 3.86. The highest BCUT2D eigenvalue weighted by molar-refractivity contribution is 9.10. The van der Waals surface area contributed by atoms with E-state index in [1.54, 1.807) is 49.4 Å². The van der Waals surface area contributed by atoms with Crippen LogP contribution in [0, 0.1) is 23.7 Å². The van der Waals surface area contributed by atoms with Gasteiger partial charge in [0.05, 0.1) is 34.3 Å². The first-order valence-electron chi connectivity index (χ1n) is 17.8. The summed E-state index contributed by atoms with van der Waals surface area (Å²) in [6.07, 6.45) is 2.65. The maximum Gasteiger partial charge on any atom is 0.339 e. The van der Waals surface area contributed by atoms with Crippen molar-refractivity contribution in [3.63, 3.8) is 0 Å². The van der Waals surface area contributed by atoms with Crippen LogP contribution in [-0.4, -0.2) is 34.7 Å². The highest BCUT2D eigenvalue weighted by Gasteiger charge is 2.61. The van der Waals surface area contributed by atoms with E-state index in [1.807, 2.05) is 61.5 Å². The van der Waals surface area contributed by atoms with Gasteiger partial charge in [-0.15, -0.1) is 0 Å².